The molecule has 0 N–H and O–H groups in total. The zero-order valence-corrected chi connectivity index (χ0v) is 20.8. The van der Waals surface area contributed by atoms with Gasteiger partial charge in [0.05, 0.1) is 6.16 Å². The second kappa shape index (κ2) is 9.82. The number of fused-ring (bicyclic) bond motifs is 1. The molecule has 32 heavy (non-hydrogen) atoms. The summed E-state index contributed by atoms with van der Waals surface area (Å²) < 4.78 is 0. The molecular formula is C30H27BrP+. The number of rotatable bonds is 5. The summed E-state index contributed by atoms with van der Waals surface area (Å²) in [6, 6.07) is 46.8. The molecule has 2 heteroatoms. The Balaban J connectivity index is 0.00000245. The average molecular weight is 498 g/mol. The van der Waals surface area contributed by atoms with Crippen molar-refractivity contribution < 1.29 is 0 Å². The lowest BCUT2D eigenvalue weighted by atomic mass is 10.0. The van der Waals surface area contributed by atoms with Crippen LogP contribution in [0.25, 0.3) is 10.8 Å². The normalized spacial score (nSPS) is 11.2. The zero-order valence-electron chi connectivity index (χ0n) is 18.2. The summed E-state index contributed by atoms with van der Waals surface area (Å²) in [5, 5.41) is 6.98. The molecular weight excluding hydrogens is 471 g/mol. The van der Waals surface area contributed by atoms with Gasteiger partial charge in [-0.05, 0) is 59.7 Å². The van der Waals surface area contributed by atoms with Gasteiger partial charge in [-0.25, -0.2) is 0 Å². The van der Waals surface area contributed by atoms with E-state index in [-0.39, 0.29) is 17.0 Å². The van der Waals surface area contributed by atoms with E-state index >= 15 is 0 Å². The molecule has 0 spiro atoms. The number of halogens is 1. The molecule has 0 saturated carbocycles. The van der Waals surface area contributed by atoms with Gasteiger partial charge in [-0.1, -0.05) is 91.0 Å². The van der Waals surface area contributed by atoms with Gasteiger partial charge in [0.2, 0.25) is 0 Å². The van der Waals surface area contributed by atoms with E-state index < -0.39 is 7.26 Å². The van der Waals surface area contributed by atoms with Gasteiger partial charge in [-0.3, -0.25) is 0 Å². The van der Waals surface area contributed by atoms with Crippen LogP contribution in [0.5, 0.6) is 0 Å². The summed E-state index contributed by atoms with van der Waals surface area (Å²) in [6.45, 7) is 2.26. The molecule has 0 heterocycles. The van der Waals surface area contributed by atoms with Crippen molar-refractivity contribution in [3.8, 4) is 0 Å². The molecule has 0 aliphatic carbocycles. The Morgan fingerprint density at radius 3 is 1.44 bits per heavy atom. The highest BCUT2D eigenvalue weighted by Crippen LogP contribution is 2.59. The Morgan fingerprint density at radius 2 is 0.938 bits per heavy atom. The maximum Gasteiger partial charge on any atom is 0.116 e. The Labute approximate surface area is 202 Å². The molecule has 0 aromatic heterocycles. The van der Waals surface area contributed by atoms with E-state index in [4.69, 9.17) is 0 Å². The topological polar surface area (TPSA) is 0 Å². The van der Waals surface area contributed by atoms with Gasteiger partial charge in [0.15, 0.2) is 0 Å². The van der Waals surface area contributed by atoms with E-state index in [1.807, 2.05) is 0 Å². The quantitative estimate of drug-likeness (QED) is 0.225. The monoisotopic (exact) mass is 497 g/mol. The van der Waals surface area contributed by atoms with Crippen LogP contribution < -0.4 is 15.9 Å². The summed E-state index contributed by atoms with van der Waals surface area (Å²) >= 11 is 0. The van der Waals surface area contributed by atoms with E-state index in [0.29, 0.717) is 0 Å². The molecule has 0 aliphatic heterocycles. The number of aryl methyl sites for hydroxylation is 1. The lowest BCUT2D eigenvalue weighted by Crippen LogP contribution is -2.32. The first-order chi connectivity index (χ1) is 15.3. The molecule has 5 aromatic carbocycles. The Hall–Kier alpha value is -2.73. The van der Waals surface area contributed by atoms with Crippen LogP contribution in [0.4, 0.5) is 0 Å². The first-order valence-electron chi connectivity index (χ1n) is 10.8. The Kier molecular flexibility index (Phi) is 6.89. The highest BCUT2D eigenvalue weighted by atomic mass is 79.9. The first-order valence-corrected chi connectivity index (χ1v) is 12.8. The lowest BCUT2D eigenvalue weighted by molar-refractivity contribution is 1.33. The summed E-state index contributed by atoms with van der Waals surface area (Å²) in [5.41, 5.74) is 2.83. The fourth-order valence-electron chi connectivity index (χ4n) is 4.66. The van der Waals surface area contributed by atoms with Gasteiger partial charge >= 0.3 is 0 Å². The van der Waals surface area contributed by atoms with Crippen molar-refractivity contribution in [1.29, 1.82) is 0 Å². The fourth-order valence-corrected chi connectivity index (χ4v) is 9.04. The van der Waals surface area contributed by atoms with Gasteiger partial charge in [0.25, 0.3) is 0 Å². The fraction of sp³-hybridized carbons (Fsp3) is 0.0667. The van der Waals surface area contributed by atoms with Crippen molar-refractivity contribution in [3.05, 3.63) is 139 Å². The van der Waals surface area contributed by atoms with Crippen LogP contribution in [0.1, 0.15) is 11.1 Å². The average Bonchev–Trinajstić information content (AvgIpc) is 2.85. The maximum atomic E-state index is 2.33. The van der Waals surface area contributed by atoms with Gasteiger partial charge in [0.1, 0.15) is 23.2 Å². The molecule has 0 aliphatic rings. The summed E-state index contributed by atoms with van der Waals surface area (Å²) in [5.74, 6) is 0. The van der Waals surface area contributed by atoms with Crippen LogP contribution in [0.3, 0.4) is 0 Å². The predicted molar refractivity (Wildman–Crippen MR) is 148 cm³/mol. The lowest BCUT2D eigenvalue weighted by Gasteiger charge is -2.29. The van der Waals surface area contributed by atoms with E-state index in [9.17, 15) is 0 Å². The SMILES string of the molecule is Br.Cc1ccc2ccccc2c1C[P+](c1ccccc1)(c1ccccc1)c1ccccc1. The van der Waals surface area contributed by atoms with E-state index in [1.165, 1.54) is 37.8 Å². The van der Waals surface area contributed by atoms with Gasteiger partial charge in [0, 0.05) is 5.56 Å². The molecule has 5 aromatic rings. The van der Waals surface area contributed by atoms with Gasteiger partial charge in [-0.15, -0.1) is 17.0 Å². The molecule has 158 valence electrons. The second-order valence-electron chi connectivity index (χ2n) is 8.06. The molecule has 0 atom stereocenters. The molecule has 0 nitrogen and oxygen atoms in total. The van der Waals surface area contributed by atoms with E-state index in [0.717, 1.165) is 6.16 Å². The molecule has 0 bridgehead atoms. The first kappa shape index (κ1) is 22.5. The number of hydrogen-bond acceptors (Lipinski definition) is 0. The number of hydrogen-bond donors (Lipinski definition) is 0. The third-order valence-electron chi connectivity index (χ3n) is 6.26. The van der Waals surface area contributed by atoms with Crippen molar-refractivity contribution in [3.63, 3.8) is 0 Å². The third-order valence-corrected chi connectivity index (χ3v) is 10.6. The molecule has 0 fully saturated rings. The van der Waals surface area contributed by atoms with Crippen LogP contribution in [0.2, 0.25) is 0 Å². The van der Waals surface area contributed by atoms with Crippen LogP contribution in [0, 0.1) is 6.92 Å². The van der Waals surface area contributed by atoms with Crippen LogP contribution in [-0.4, -0.2) is 0 Å². The number of benzene rings is 5. The highest BCUT2D eigenvalue weighted by Gasteiger charge is 2.45. The van der Waals surface area contributed by atoms with Crippen molar-refractivity contribution in [2.75, 3.05) is 0 Å². The van der Waals surface area contributed by atoms with Crippen molar-refractivity contribution >= 4 is 50.9 Å². The predicted octanol–water partition coefficient (Wildman–Crippen LogP) is 7.22. The Bertz CT molecular complexity index is 1200. The van der Waals surface area contributed by atoms with Gasteiger partial charge in [-0.2, -0.15) is 0 Å². The standard InChI is InChI=1S/C30H26P.BrH/c1-24-21-22-25-13-11-12-20-29(25)30(24)23-31(26-14-5-2-6-15-26,27-16-7-3-8-17-27)28-18-9-4-10-19-28;/h2-22H,23H2,1H3;1H/q+1;. The van der Waals surface area contributed by atoms with Crippen molar-refractivity contribution in [2.45, 2.75) is 13.1 Å². The van der Waals surface area contributed by atoms with Crippen molar-refractivity contribution in [1.82, 2.24) is 0 Å². The largest absolute Gasteiger partial charge is 0.116 e. The molecule has 0 saturated heterocycles. The van der Waals surface area contributed by atoms with E-state index in [1.54, 1.807) is 0 Å². The summed E-state index contributed by atoms with van der Waals surface area (Å²) in [4.78, 5) is 0. The van der Waals surface area contributed by atoms with Crippen molar-refractivity contribution in [2.24, 2.45) is 0 Å². The minimum Gasteiger partial charge on any atom is -0.114 e. The highest BCUT2D eigenvalue weighted by molar-refractivity contribution is 8.93. The van der Waals surface area contributed by atoms with E-state index in [2.05, 4.69) is 134 Å². The Morgan fingerprint density at radius 1 is 0.500 bits per heavy atom. The smallest absolute Gasteiger partial charge is 0.114 e. The van der Waals surface area contributed by atoms with Crippen LogP contribution in [0.15, 0.2) is 127 Å². The molecule has 0 amide bonds. The maximum absolute atomic E-state index is 2.33. The van der Waals surface area contributed by atoms with Crippen LogP contribution in [-0.2, 0) is 6.16 Å². The third kappa shape index (κ3) is 4.04. The zero-order chi connectivity index (χ0) is 21.1. The second-order valence-corrected chi connectivity index (χ2v) is 11.5. The summed E-state index contributed by atoms with van der Waals surface area (Å²) in [7, 11) is -1.91. The summed E-state index contributed by atoms with van der Waals surface area (Å²) in [6.07, 6.45) is 1.01. The molecule has 5 rings (SSSR count). The molecule has 0 radical (unpaired) electrons. The minimum absolute atomic E-state index is 0. The minimum atomic E-state index is -1.91. The van der Waals surface area contributed by atoms with Crippen LogP contribution >= 0.6 is 24.2 Å². The molecule has 0 unspecified atom stereocenters. The van der Waals surface area contributed by atoms with Gasteiger partial charge < -0.3 is 0 Å².